The Hall–Kier alpha value is -0.340. The minimum Gasteiger partial charge on any atom is -0.378 e. The molecule has 1 heterocycles. The molecule has 1 saturated heterocycles. The van der Waals surface area contributed by atoms with Gasteiger partial charge in [0.2, 0.25) is 0 Å². The van der Waals surface area contributed by atoms with Crippen LogP contribution in [0.2, 0.25) is 0 Å². The molecule has 0 aliphatic carbocycles. The summed E-state index contributed by atoms with van der Waals surface area (Å²) < 4.78 is 5.43. The molecule has 1 aliphatic heterocycles. The summed E-state index contributed by atoms with van der Waals surface area (Å²) in [4.78, 5) is 2.49. The Morgan fingerprint density at radius 2 is 2.42 bits per heavy atom. The van der Waals surface area contributed by atoms with E-state index in [2.05, 4.69) is 25.3 Å². The summed E-state index contributed by atoms with van der Waals surface area (Å²) in [5.74, 6) is 0. The van der Waals surface area contributed by atoms with E-state index in [1.807, 2.05) is 6.08 Å². The Balaban J connectivity index is 2.47. The highest BCUT2D eigenvalue weighted by Gasteiger charge is 2.23. The Morgan fingerprint density at radius 3 is 3.00 bits per heavy atom. The lowest BCUT2D eigenvalue weighted by molar-refractivity contribution is -0.0207. The SMILES string of the molecule is C=CC[C@@H]1COCCN1C(C)C. The lowest BCUT2D eigenvalue weighted by Crippen LogP contribution is -2.48. The van der Waals surface area contributed by atoms with Crippen molar-refractivity contribution in [1.82, 2.24) is 4.90 Å². The first-order chi connectivity index (χ1) is 5.75. The number of ether oxygens (including phenoxy) is 1. The first-order valence-electron chi connectivity index (χ1n) is 4.70. The molecule has 0 amide bonds. The van der Waals surface area contributed by atoms with Crippen LogP contribution in [0, 0.1) is 0 Å². The molecule has 1 atom stereocenters. The lowest BCUT2D eigenvalue weighted by atomic mass is 10.1. The van der Waals surface area contributed by atoms with Crippen molar-refractivity contribution in [3.05, 3.63) is 12.7 Å². The minimum atomic E-state index is 0.552. The van der Waals surface area contributed by atoms with E-state index >= 15 is 0 Å². The predicted molar refractivity (Wildman–Crippen MR) is 51.3 cm³/mol. The topological polar surface area (TPSA) is 12.5 Å². The third-order valence-electron chi connectivity index (χ3n) is 2.38. The fourth-order valence-corrected chi connectivity index (χ4v) is 1.74. The van der Waals surface area contributed by atoms with Crippen LogP contribution in [0.5, 0.6) is 0 Å². The van der Waals surface area contributed by atoms with E-state index in [4.69, 9.17) is 4.74 Å². The van der Waals surface area contributed by atoms with Crippen molar-refractivity contribution in [1.29, 1.82) is 0 Å². The summed E-state index contributed by atoms with van der Waals surface area (Å²) in [5.41, 5.74) is 0. The monoisotopic (exact) mass is 169 g/mol. The highest BCUT2D eigenvalue weighted by atomic mass is 16.5. The van der Waals surface area contributed by atoms with Crippen LogP contribution in [0.3, 0.4) is 0 Å². The molecule has 2 heteroatoms. The summed E-state index contributed by atoms with van der Waals surface area (Å²) in [6.45, 7) is 11.1. The van der Waals surface area contributed by atoms with E-state index in [-0.39, 0.29) is 0 Å². The molecule has 2 nitrogen and oxygen atoms in total. The Bertz CT molecular complexity index is 145. The van der Waals surface area contributed by atoms with E-state index in [0.29, 0.717) is 12.1 Å². The standard InChI is InChI=1S/C10H19NO/c1-4-5-10-8-12-7-6-11(10)9(2)3/h4,9-10H,1,5-8H2,2-3H3/t10-/m1/s1. The zero-order chi connectivity index (χ0) is 8.97. The van der Waals surface area contributed by atoms with Gasteiger partial charge in [-0.2, -0.15) is 0 Å². The average Bonchev–Trinajstić information content (AvgIpc) is 2.05. The van der Waals surface area contributed by atoms with Crippen LogP contribution in [0.15, 0.2) is 12.7 Å². The van der Waals surface area contributed by atoms with Gasteiger partial charge in [-0.25, -0.2) is 0 Å². The van der Waals surface area contributed by atoms with Crippen molar-refractivity contribution < 1.29 is 4.74 Å². The summed E-state index contributed by atoms with van der Waals surface area (Å²) in [5, 5.41) is 0. The molecule has 0 unspecified atom stereocenters. The van der Waals surface area contributed by atoms with Crippen LogP contribution in [-0.4, -0.2) is 36.7 Å². The summed E-state index contributed by atoms with van der Waals surface area (Å²) in [6, 6.07) is 1.18. The van der Waals surface area contributed by atoms with Gasteiger partial charge < -0.3 is 4.74 Å². The first-order valence-corrected chi connectivity index (χ1v) is 4.70. The zero-order valence-corrected chi connectivity index (χ0v) is 8.12. The second kappa shape index (κ2) is 4.63. The average molecular weight is 169 g/mol. The maximum absolute atomic E-state index is 5.43. The van der Waals surface area contributed by atoms with Crippen molar-refractivity contribution in [3.8, 4) is 0 Å². The molecule has 0 aromatic heterocycles. The zero-order valence-electron chi connectivity index (χ0n) is 8.12. The Morgan fingerprint density at radius 1 is 1.67 bits per heavy atom. The molecule has 1 fully saturated rings. The molecule has 0 aromatic carbocycles. The maximum atomic E-state index is 5.43. The molecular formula is C10H19NO. The molecule has 0 spiro atoms. The smallest absolute Gasteiger partial charge is 0.0625 e. The first kappa shape index (κ1) is 9.75. The molecule has 0 bridgehead atoms. The van der Waals surface area contributed by atoms with E-state index in [9.17, 15) is 0 Å². The van der Waals surface area contributed by atoms with Crippen molar-refractivity contribution in [2.75, 3.05) is 19.8 Å². The quantitative estimate of drug-likeness (QED) is 0.596. The number of hydrogen-bond acceptors (Lipinski definition) is 2. The van der Waals surface area contributed by atoms with Crippen LogP contribution in [0.25, 0.3) is 0 Å². The van der Waals surface area contributed by atoms with Gasteiger partial charge in [-0.1, -0.05) is 6.08 Å². The third-order valence-corrected chi connectivity index (χ3v) is 2.38. The molecule has 0 radical (unpaired) electrons. The minimum absolute atomic E-state index is 0.552. The van der Waals surface area contributed by atoms with Crippen molar-refractivity contribution in [2.24, 2.45) is 0 Å². The van der Waals surface area contributed by atoms with Gasteiger partial charge in [0, 0.05) is 18.6 Å². The van der Waals surface area contributed by atoms with Gasteiger partial charge in [0.25, 0.3) is 0 Å². The second-order valence-electron chi connectivity index (χ2n) is 3.58. The van der Waals surface area contributed by atoms with Crippen LogP contribution in [-0.2, 0) is 4.74 Å². The van der Waals surface area contributed by atoms with Crippen molar-refractivity contribution in [3.63, 3.8) is 0 Å². The molecule has 1 rings (SSSR count). The Labute approximate surface area is 75.2 Å². The van der Waals surface area contributed by atoms with Crippen molar-refractivity contribution >= 4 is 0 Å². The number of hydrogen-bond donors (Lipinski definition) is 0. The summed E-state index contributed by atoms with van der Waals surface area (Å²) >= 11 is 0. The summed E-state index contributed by atoms with van der Waals surface area (Å²) in [6.07, 6.45) is 3.02. The molecule has 0 aromatic rings. The van der Waals surface area contributed by atoms with Crippen LogP contribution in [0.4, 0.5) is 0 Å². The lowest BCUT2D eigenvalue weighted by Gasteiger charge is -2.37. The summed E-state index contributed by atoms with van der Waals surface area (Å²) in [7, 11) is 0. The highest BCUT2D eigenvalue weighted by Crippen LogP contribution is 2.13. The van der Waals surface area contributed by atoms with Gasteiger partial charge in [0.05, 0.1) is 13.2 Å². The van der Waals surface area contributed by atoms with Gasteiger partial charge >= 0.3 is 0 Å². The van der Waals surface area contributed by atoms with Gasteiger partial charge in [-0.05, 0) is 20.3 Å². The van der Waals surface area contributed by atoms with Crippen LogP contribution in [0.1, 0.15) is 20.3 Å². The molecule has 0 N–H and O–H groups in total. The van der Waals surface area contributed by atoms with Gasteiger partial charge in [0.1, 0.15) is 0 Å². The van der Waals surface area contributed by atoms with Crippen LogP contribution < -0.4 is 0 Å². The third kappa shape index (κ3) is 2.32. The molecule has 70 valence electrons. The highest BCUT2D eigenvalue weighted by molar-refractivity contribution is 4.84. The van der Waals surface area contributed by atoms with Gasteiger partial charge in [-0.3, -0.25) is 4.90 Å². The fraction of sp³-hybridized carbons (Fsp3) is 0.800. The molecule has 12 heavy (non-hydrogen) atoms. The van der Waals surface area contributed by atoms with Gasteiger partial charge in [-0.15, -0.1) is 6.58 Å². The number of morpholine rings is 1. The molecular weight excluding hydrogens is 150 g/mol. The normalized spacial score (nSPS) is 26.1. The van der Waals surface area contributed by atoms with E-state index < -0.39 is 0 Å². The van der Waals surface area contributed by atoms with Crippen LogP contribution >= 0.6 is 0 Å². The van der Waals surface area contributed by atoms with E-state index in [1.54, 1.807) is 0 Å². The maximum Gasteiger partial charge on any atom is 0.0625 e. The number of rotatable bonds is 3. The number of nitrogens with zero attached hydrogens (tertiary/aromatic N) is 1. The second-order valence-corrected chi connectivity index (χ2v) is 3.58. The Kier molecular flexibility index (Phi) is 3.76. The van der Waals surface area contributed by atoms with E-state index in [1.165, 1.54) is 0 Å². The molecule has 0 saturated carbocycles. The predicted octanol–water partition coefficient (Wildman–Crippen LogP) is 1.67. The van der Waals surface area contributed by atoms with E-state index in [0.717, 1.165) is 26.2 Å². The molecule has 1 aliphatic rings. The fourth-order valence-electron chi connectivity index (χ4n) is 1.74. The van der Waals surface area contributed by atoms with Gasteiger partial charge in [0.15, 0.2) is 0 Å². The largest absolute Gasteiger partial charge is 0.378 e. The van der Waals surface area contributed by atoms with Crippen molar-refractivity contribution in [2.45, 2.75) is 32.4 Å².